The molecule has 0 saturated heterocycles. The molecule has 1 aliphatic rings. The van der Waals surface area contributed by atoms with E-state index in [2.05, 4.69) is 37.5 Å². The summed E-state index contributed by atoms with van der Waals surface area (Å²) in [6.45, 7) is 5.26. The molecule has 1 aliphatic heterocycles. The molecule has 1 N–H and O–H groups in total. The molecular formula is C15H23NO2. The van der Waals surface area contributed by atoms with Crippen LogP contribution in [0.25, 0.3) is 0 Å². The fraction of sp³-hybridized carbons (Fsp3) is 0.600. The van der Waals surface area contributed by atoms with E-state index in [9.17, 15) is 0 Å². The van der Waals surface area contributed by atoms with Crippen molar-refractivity contribution in [1.29, 1.82) is 0 Å². The first kappa shape index (κ1) is 13.4. The molecule has 2 rings (SSSR count). The number of hydroxylamine groups is 1. The molecule has 1 aromatic carbocycles. The predicted octanol–water partition coefficient (Wildman–Crippen LogP) is 3.56. The Kier molecular flexibility index (Phi) is 4.61. The molecule has 0 spiro atoms. The van der Waals surface area contributed by atoms with Crippen molar-refractivity contribution in [1.82, 2.24) is 5.48 Å². The van der Waals surface area contributed by atoms with Crippen LogP contribution in [0.3, 0.4) is 0 Å². The van der Waals surface area contributed by atoms with Crippen molar-refractivity contribution in [2.45, 2.75) is 45.1 Å². The molecule has 2 unspecified atom stereocenters. The van der Waals surface area contributed by atoms with Gasteiger partial charge in [0, 0.05) is 5.56 Å². The Balaban J connectivity index is 2.39. The van der Waals surface area contributed by atoms with Crippen LogP contribution in [0.1, 0.15) is 56.2 Å². The third-order valence-electron chi connectivity index (χ3n) is 3.74. The van der Waals surface area contributed by atoms with Gasteiger partial charge in [0.25, 0.3) is 0 Å². The van der Waals surface area contributed by atoms with Gasteiger partial charge in [-0.15, -0.1) is 0 Å². The number of para-hydroxylation sites is 1. The topological polar surface area (TPSA) is 30.5 Å². The van der Waals surface area contributed by atoms with E-state index in [0.717, 1.165) is 31.6 Å². The van der Waals surface area contributed by atoms with Crippen molar-refractivity contribution >= 4 is 0 Å². The average Bonchev–Trinajstić information content (AvgIpc) is 2.61. The van der Waals surface area contributed by atoms with E-state index in [-0.39, 0.29) is 6.04 Å². The van der Waals surface area contributed by atoms with Gasteiger partial charge in [-0.05, 0) is 30.7 Å². The highest BCUT2D eigenvalue weighted by Crippen LogP contribution is 2.38. The lowest BCUT2D eigenvalue weighted by Crippen LogP contribution is -2.19. The van der Waals surface area contributed by atoms with Crippen LogP contribution in [0.2, 0.25) is 0 Å². The monoisotopic (exact) mass is 249 g/mol. The summed E-state index contributed by atoms with van der Waals surface area (Å²) in [5, 5.41) is 0. The summed E-state index contributed by atoms with van der Waals surface area (Å²) < 4.78 is 5.98. The molecular weight excluding hydrogens is 226 g/mol. The second-order valence-corrected chi connectivity index (χ2v) is 4.94. The lowest BCUT2D eigenvalue weighted by atomic mass is 9.93. The fourth-order valence-electron chi connectivity index (χ4n) is 2.50. The van der Waals surface area contributed by atoms with E-state index in [1.165, 1.54) is 11.1 Å². The van der Waals surface area contributed by atoms with Gasteiger partial charge in [-0.25, -0.2) is 0 Å². The zero-order chi connectivity index (χ0) is 13.0. The molecule has 0 radical (unpaired) electrons. The third-order valence-corrected chi connectivity index (χ3v) is 3.74. The van der Waals surface area contributed by atoms with Gasteiger partial charge >= 0.3 is 0 Å². The van der Waals surface area contributed by atoms with Gasteiger partial charge in [0.05, 0.1) is 19.8 Å². The van der Waals surface area contributed by atoms with E-state index >= 15 is 0 Å². The number of hydrogen-bond acceptors (Lipinski definition) is 3. The van der Waals surface area contributed by atoms with Crippen molar-refractivity contribution in [2.75, 3.05) is 13.7 Å². The van der Waals surface area contributed by atoms with E-state index in [0.29, 0.717) is 5.92 Å². The SMILES string of the molecule is CCC(C)c1cccc2c1OCCCC2NOC. The number of rotatable bonds is 4. The molecule has 0 saturated carbocycles. The minimum absolute atomic E-state index is 0.233. The third kappa shape index (κ3) is 2.68. The van der Waals surface area contributed by atoms with Gasteiger partial charge in [-0.2, -0.15) is 5.48 Å². The molecule has 1 heterocycles. The Bertz CT molecular complexity index is 392. The zero-order valence-corrected chi connectivity index (χ0v) is 11.5. The lowest BCUT2D eigenvalue weighted by molar-refractivity contribution is 0.0579. The summed E-state index contributed by atoms with van der Waals surface area (Å²) in [7, 11) is 1.67. The Morgan fingerprint density at radius 1 is 1.50 bits per heavy atom. The second kappa shape index (κ2) is 6.21. The highest BCUT2D eigenvalue weighted by atomic mass is 16.6. The highest BCUT2D eigenvalue weighted by molar-refractivity contribution is 5.45. The van der Waals surface area contributed by atoms with Crippen molar-refractivity contribution in [3.63, 3.8) is 0 Å². The average molecular weight is 249 g/mol. The first-order valence-electron chi connectivity index (χ1n) is 6.82. The molecule has 18 heavy (non-hydrogen) atoms. The summed E-state index contributed by atoms with van der Waals surface area (Å²) in [4.78, 5) is 5.11. The van der Waals surface area contributed by atoms with Crippen LogP contribution >= 0.6 is 0 Å². The number of hydrogen-bond donors (Lipinski definition) is 1. The van der Waals surface area contributed by atoms with Crippen LogP contribution in [0, 0.1) is 0 Å². The number of benzene rings is 1. The molecule has 0 fully saturated rings. The molecule has 0 bridgehead atoms. The van der Waals surface area contributed by atoms with E-state index in [1.807, 2.05) is 0 Å². The predicted molar refractivity (Wildman–Crippen MR) is 72.8 cm³/mol. The maximum Gasteiger partial charge on any atom is 0.127 e. The van der Waals surface area contributed by atoms with E-state index < -0.39 is 0 Å². The number of nitrogens with one attached hydrogen (secondary N) is 1. The first-order valence-corrected chi connectivity index (χ1v) is 6.82. The summed E-state index contributed by atoms with van der Waals surface area (Å²) in [6.07, 6.45) is 3.22. The molecule has 3 nitrogen and oxygen atoms in total. The van der Waals surface area contributed by atoms with Gasteiger partial charge in [0.15, 0.2) is 0 Å². The zero-order valence-electron chi connectivity index (χ0n) is 11.5. The maximum atomic E-state index is 5.98. The summed E-state index contributed by atoms with van der Waals surface area (Å²) in [6, 6.07) is 6.68. The fourth-order valence-corrected chi connectivity index (χ4v) is 2.50. The summed E-state index contributed by atoms with van der Waals surface area (Å²) >= 11 is 0. The molecule has 2 atom stereocenters. The van der Waals surface area contributed by atoms with Crippen molar-refractivity contribution in [3.05, 3.63) is 29.3 Å². The Hall–Kier alpha value is -1.06. The van der Waals surface area contributed by atoms with Crippen LogP contribution in [0.15, 0.2) is 18.2 Å². The molecule has 100 valence electrons. The molecule has 0 amide bonds. The highest BCUT2D eigenvalue weighted by Gasteiger charge is 2.23. The lowest BCUT2D eigenvalue weighted by Gasteiger charge is -2.21. The smallest absolute Gasteiger partial charge is 0.127 e. The normalized spacial score (nSPS) is 20.7. The second-order valence-electron chi connectivity index (χ2n) is 4.94. The van der Waals surface area contributed by atoms with Crippen LogP contribution in [0.4, 0.5) is 0 Å². The van der Waals surface area contributed by atoms with Gasteiger partial charge in [0.2, 0.25) is 0 Å². The maximum absolute atomic E-state index is 5.98. The minimum Gasteiger partial charge on any atom is -0.493 e. The van der Waals surface area contributed by atoms with Crippen LogP contribution in [0.5, 0.6) is 5.75 Å². The Morgan fingerprint density at radius 2 is 2.33 bits per heavy atom. The molecule has 0 aliphatic carbocycles. The van der Waals surface area contributed by atoms with Crippen molar-refractivity contribution in [3.8, 4) is 5.75 Å². The first-order chi connectivity index (χ1) is 8.77. The van der Waals surface area contributed by atoms with Crippen molar-refractivity contribution < 1.29 is 9.57 Å². The minimum atomic E-state index is 0.233. The van der Waals surface area contributed by atoms with Crippen LogP contribution < -0.4 is 10.2 Å². The largest absolute Gasteiger partial charge is 0.493 e. The molecule has 3 heteroatoms. The molecule has 0 aromatic heterocycles. The van der Waals surface area contributed by atoms with E-state index in [4.69, 9.17) is 9.57 Å². The van der Waals surface area contributed by atoms with Gasteiger partial charge in [-0.3, -0.25) is 0 Å². The van der Waals surface area contributed by atoms with Gasteiger partial charge in [-0.1, -0.05) is 32.0 Å². The standard InChI is InChI=1S/C15H23NO2/c1-4-11(2)12-7-5-8-13-14(16-17-3)9-6-10-18-15(12)13/h5,7-8,11,14,16H,4,6,9-10H2,1-3H3. The summed E-state index contributed by atoms with van der Waals surface area (Å²) in [5.74, 6) is 1.60. The molecule has 1 aromatic rings. The Labute approximate surface area is 109 Å². The van der Waals surface area contributed by atoms with E-state index in [1.54, 1.807) is 7.11 Å². The van der Waals surface area contributed by atoms with Gasteiger partial charge in [0.1, 0.15) is 5.75 Å². The summed E-state index contributed by atoms with van der Waals surface area (Å²) in [5.41, 5.74) is 5.63. The van der Waals surface area contributed by atoms with Crippen LogP contribution in [-0.4, -0.2) is 13.7 Å². The van der Waals surface area contributed by atoms with Crippen molar-refractivity contribution in [2.24, 2.45) is 0 Å². The Morgan fingerprint density at radius 3 is 3.06 bits per heavy atom. The quantitative estimate of drug-likeness (QED) is 0.828. The van der Waals surface area contributed by atoms with Gasteiger partial charge < -0.3 is 9.57 Å². The number of ether oxygens (including phenoxy) is 1. The van der Waals surface area contributed by atoms with Crippen LogP contribution in [-0.2, 0) is 4.84 Å². The number of fused-ring (bicyclic) bond motifs is 1.